The Morgan fingerprint density at radius 3 is 0.987 bits per heavy atom. The molecule has 0 aromatic heterocycles. The first-order valence-corrected chi connectivity index (χ1v) is 34.4. The summed E-state index contributed by atoms with van der Waals surface area (Å²) in [5, 5.41) is 9.86. The lowest BCUT2D eigenvalue weighted by Crippen LogP contribution is -2.30. The van der Waals surface area contributed by atoms with Gasteiger partial charge >= 0.3 is 25.7 Å². The molecule has 0 fully saturated rings. The zero-order valence-electron chi connectivity index (χ0n) is 50.9. The summed E-state index contributed by atoms with van der Waals surface area (Å²) in [6.07, 6.45) is 65.2. The van der Waals surface area contributed by atoms with E-state index in [0.717, 1.165) is 89.9 Å². The number of phosphoric ester groups is 1. The number of hydrogen-bond acceptors (Lipinski definition) is 10. The van der Waals surface area contributed by atoms with E-state index in [2.05, 4.69) is 57.2 Å². The van der Waals surface area contributed by atoms with Gasteiger partial charge in [-0.15, -0.1) is 0 Å². The summed E-state index contributed by atoms with van der Waals surface area (Å²) in [6.45, 7) is 4.68. The Kier molecular flexibility index (Phi) is 59.0. The van der Waals surface area contributed by atoms with Crippen molar-refractivity contribution in [2.24, 2.45) is 0 Å². The van der Waals surface area contributed by atoms with Crippen molar-refractivity contribution in [2.45, 2.75) is 341 Å². The van der Waals surface area contributed by atoms with Crippen LogP contribution < -0.4 is 0 Å². The maximum Gasteiger partial charge on any atom is 0.472 e. The SMILES string of the molecule is CCCCC/C=C\C/C=C\C/C=C\CCCCCCCCC(=O)OC(COC(=O)CCCCCCCCCCCCCCC)COP(=O)(O)OCC(CO)OC(=O)CCCCCCCCCCCCCCCCCCCCC. The fraction of sp³-hybridized carbons (Fsp3) is 0.864. The molecule has 0 heterocycles. The van der Waals surface area contributed by atoms with Crippen LogP contribution in [0.4, 0.5) is 0 Å². The van der Waals surface area contributed by atoms with E-state index >= 15 is 0 Å². The lowest BCUT2D eigenvalue weighted by atomic mass is 10.0. The summed E-state index contributed by atoms with van der Waals surface area (Å²) in [6, 6.07) is 0. The van der Waals surface area contributed by atoms with Gasteiger partial charge in [0.25, 0.3) is 0 Å². The van der Waals surface area contributed by atoms with Crippen LogP contribution in [0.2, 0.25) is 0 Å². The maximum absolute atomic E-state index is 13.0. The summed E-state index contributed by atoms with van der Waals surface area (Å²) in [7, 11) is -4.75. The number of carbonyl (C=O) groups excluding carboxylic acids is 3. The Morgan fingerprint density at radius 1 is 0.359 bits per heavy atom. The zero-order valence-corrected chi connectivity index (χ0v) is 51.8. The van der Waals surface area contributed by atoms with Crippen molar-refractivity contribution in [3.63, 3.8) is 0 Å². The van der Waals surface area contributed by atoms with Gasteiger partial charge in [0.05, 0.1) is 19.8 Å². The quantitative estimate of drug-likeness (QED) is 0.0197. The van der Waals surface area contributed by atoms with Crippen LogP contribution in [0.3, 0.4) is 0 Å². The molecule has 0 rings (SSSR count). The highest BCUT2D eigenvalue weighted by Gasteiger charge is 2.28. The first-order chi connectivity index (χ1) is 38.2. The van der Waals surface area contributed by atoms with E-state index in [1.54, 1.807) is 0 Å². The molecule has 0 aliphatic heterocycles. The maximum atomic E-state index is 13.0. The Bertz CT molecular complexity index is 1450. The molecular weight excluding hydrogens is 1000 g/mol. The van der Waals surface area contributed by atoms with Gasteiger partial charge in [0.1, 0.15) is 12.7 Å². The Hall–Kier alpha value is -2.30. The molecule has 3 unspecified atom stereocenters. The van der Waals surface area contributed by atoms with Crippen molar-refractivity contribution in [1.29, 1.82) is 0 Å². The fourth-order valence-corrected chi connectivity index (χ4v) is 10.3. The minimum absolute atomic E-state index is 0.157. The summed E-state index contributed by atoms with van der Waals surface area (Å²) >= 11 is 0. The van der Waals surface area contributed by atoms with Gasteiger partial charge in [0, 0.05) is 19.3 Å². The Morgan fingerprint density at radius 2 is 0.628 bits per heavy atom. The van der Waals surface area contributed by atoms with Crippen molar-refractivity contribution in [1.82, 2.24) is 0 Å². The molecule has 0 aliphatic carbocycles. The molecule has 0 amide bonds. The van der Waals surface area contributed by atoms with Crippen molar-refractivity contribution in [3.05, 3.63) is 36.5 Å². The van der Waals surface area contributed by atoms with E-state index in [4.69, 9.17) is 23.3 Å². The molecule has 12 heteroatoms. The predicted molar refractivity (Wildman–Crippen MR) is 326 cm³/mol. The normalized spacial score (nSPS) is 13.4. The number of rotatable bonds is 62. The average molecular weight is 1120 g/mol. The minimum atomic E-state index is -4.75. The third-order valence-electron chi connectivity index (χ3n) is 14.6. The van der Waals surface area contributed by atoms with Gasteiger partial charge in [-0.05, 0) is 57.8 Å². The molecular formula is C66H123O11P. The van der Waals surface area contributed by atoms with Crippen molar-refractivity contribution in [2.75, 3.05) is 26.4 Å². The van der Waals surface area contributed by atoms with Crippen molar-refractivity contribution < 1.29 is 52.2 Å². The average Bonchev–Trinajstić information content (AvgIpc) is 3.43. The van der Waals surface area contributed by atoms with Crippen LogP contribution in [0.15, 0.2) is 36.5 Å². The van der Waals surface area contributed by atoms with E-state index < -0.39 is 57.8 Å². The molecule has 2 N–H and O–H groups in total. The highest BCUT2D eigenvalue weighted by atomic mass is 31.2. The molecule has 0 saturated carbocycles. The van der Waals surface area contributed by atoms with Crippen LogP contribution in [-0.2, 0) is 42.2 Å². The van der Waals surface area contributed by atoms with Crippen LogP contribution >= 0.6 is 7.82 Å². The van der Waals surface area contributed by atoms with Crippen LogP contribution in [-0.4, -0.2) is 66.5 Å². The number of phosphoric acid groups is 1. The van der Waals surface area contributed by atoms with Gasteiger partial charge in [-0.3, -0.25) is 23.4 Å². The third kappa shape index (κ3) is 58.4. The van der Waals surface area contributed by atoms with Gasteiger partial charge in [-0.2, -0.15) is 0 Å². The fourth-order valence-electron chi connectivity index (χ4n) is 9.54. The van der Waals surface area contributed by atoms with Gasteiger partial charge < -0.3 is 24.2 Å². The molecule has 0 saturated heterocycles. The molecule has 0 bridgehead atoms. The molecule has 458 valence electrons. The number of unbranched alkanes of at least 4 members (excludes halogenated alkanes) is 39. The largest absolute Gasteiger partial charge is 0.472 e. The van der Waals surface area contributed by atoms with E-state index in [-0.39, 0.29) is 25.9 Å². The second kappa shape index (κ2) is 60.8. The smallest absolute Gasteiger partial charge is 0.462 e. The van der Waals surface area contributed by atoms with E-state index in [1.165, 1.54) is 180 Å². The predicted octanol–water partition coefficient (Wildman–Crippen LogP) is 19.9. The lowest BCUT2D eigenvalue weighted by molar-refractivity contribution is -0.161. The summed E-state index contributed by atoms with van der Waals surface area (Å²) in [4.78, 5) is 48.7. The molecule has 78 heavy (non-hydrogen) atoms. The first kappa shape index (κ1) is 75.7. The van der Waals surface area contributed by atoms with E-state index in [1.807, 2.05) is 0 Å². The third-order valence-corrected chi connectivity index (χ3v) is 15.5. The van der Waals surface area contributed by atoms with Gasteiger partial charge in [0.2, 0.25) is 0 Å². The number of esters is 3. The van der Waals surface area contributed by atoms with Gasteiger partial charge in [-0.25, -0.2) is 4.57 Å². The van der Waals surface area contributed by atoms with Gasteiger partial charge in [0.15, 0.2) is 6.10 Å². The highest BCUT2D eigenvalue weighted by molar-refractivity contribution is 7.47. The first-order valence-electron chi connectivity index (χ1n) is 32.9. The number of aliphatic hydroxyl groups is 1. The van der Waals surface area contributed by atoms with Crippen LogP contribution in [0.1, 0.15) is 329 Å². The van der Waals surface area contributed by atoms with E-state index in [9.17, 15) is 28.9 Å². The van der Waals surface area contributed by atoms with Crippen molar-refractivity contribution >= 4 is 25.7 Å². The number of allylic oxidation sites excluding steroid dienone is 6. The van der Waals surface area contributed by atoms with Crippen LogP contribution in [0, 0.1) is 0 Å². The molecule has 0 aliphatic rings. The second-order valence-corrected chi connectivity index (χ2v) is 23.8. The monoisotopic (exact) mass is 1120 g/mol. The van der Waals surface area contributed by atoms with Crippen LogP contribution in [0.25, 0.3) is 0 Å². The number of aliphatic hydroxyl groups excluding tert-OH is 1. The Balaban J connectivity index is 4.62. The lowest BCUT2D eigenvalue weighted by Gasteiger charge is -2.21. The summed E-state index contributed by atoms with van der Waals surface area (Å²) in [5.41, 5.74) is 0. The molecule has 11 nitrogen and oxygen atoms in total. The molecule has 0 spiro atoms. The topological polar surface area (TPSA) is 155 Å². The summed E-state index contributed by atoms with van der Waals surface area (Å²) < 4.78 is 39.7. The zero-order chi connectivity index (χ0) is 56.9. The molecule has 0 aromatic carbocycles. The van der Waals surface area contributed by atoms with Crippen LogP contribution in [0.5, 0.6) is 0 Å². The Labute approximate surface area is 480 Å². The van der Waals surface area contributed by atoms with Crippen molar-refractivity contribution in [3.8, 4) is 0 Å². The highest BCUT2D eigenvalue weighted by Crippen LogP contribution is 2.43. The number of ether oxygens (including phenoxy) is 3. The minimum Gasteiger partial charge on any atom is -0.462 e. The molecule has 3 atom stereocenters. The van der Waals surface area contributed by atoms with E-state index in [0.29, 0.717) is 19.3 Å². The second-order valence-electron chi connectivity index (χ2n) is 22.3. The molecule has 0 aromatic rings. The standard InChI is InChI=1S/C66H123O11P/c1-4-7-10-13-16-19-22-25-27-29-31-33-35-38-41-44-47-50-53-56-65(69)76-62(58-67)60-74-78(71,72)75-61-63(59-73-64(68)55-52-49-46-43-40-37-24-21-18-15-12-9-6-3)77-66(70)57-54-51-48-45-42-39-36-34-32-30-28-26-23-20-17-14-11-8-5-2/h17,20,26,28,32,34,62-63,67H,4-16,18-19,21-25,27,29-31,33,35-61H2,1-3H3,(H,71,72)/b20-17-,28-26-,34-32-. The number of hydrogen-bond donors (Lipinski definition) is 2. The summed E-state index contributed by atoms with van der Waals surface area (Å²) in [5.74, 6) is -1.45. The van der Waals surface area contributed by atoms with Gasteiger partial charge in [-0.1, -0.05) is 288 Å². The molecule has 0 radical (unpaired) electrons. The number of carbonyl (C=O) groups is 3.